The molecule has 0 saturated carbocycles. The lowest BCUT2D eigenvalue weighted by Gasteiger charge is -2.19. The number of aryl methyl sites for hydroxylation is 2. The molecule has 20 heavy (non-hydrogen) atoms. The van der Waals surface area contributed by atoms with Crippen molar-refractivity contribution >= 4 is 23.2 Å². The van der Waals surface area contributed by atoms with Crippen LogP contribution >= 0.6 is 11.6 Å². The maximum atomic E-state index is 12.5. The number of hydrogen-bond acceptors (Lipinski definition) is 1. The molecule has 3 heteroatoms. The number of nitrogens with zero attached hydrogens (tertiary/aromatic N) is 1. The van der Waals surface area contributed by atoms with Gasteiger partial charge in [-0.2, -0.15) is 0 Å². The van der Waals surface area contributed by atoms with Crippen molar-refractivity contribution in [3.63, 3.8) is 0 Å². The van der Waals surface area contributed by atoms with Crippen LogP contribution in [0.4, 0.5) is 5.69 Å². The van der Waals surface area contributed by atoms with Gasteiger partial charge in [0, 0.05) is 24.2 Å². The Balaban J connectivity index is 2.27. The predicted octanol–water partition coefficient (Wildman–Crippen LogP) is 4.32. The molecule has 0 spiro atoms. The molecule has 0 saturated heterocycles. The van der Waals surface area contributed by atoms with Gasteiger partial charge in [-0.1, -0.05) is 18.2 Å². The lowest BCUT2D eigenvalue weighted by Crippen LogP contribution is -2.26. The van der Waals surface area contributed by atoms with Gasteiger partial charge in [0.05, 0.1) is 0 Å². The van der Waals surface area contributed by atoms with Crippen LogP contribution in [0.2, 0.25) is 0 Å². The summed E-state index contributed by atoms with van der Waals surface area (Å²) in [6.07, 6.45) is 0. The first-order chi connectivity index (χ1) is 9.51. The number of carbonyl (C=O) groups excluding carboxylic acids is 1. The normalized spacial score (nSPS) is 10.4. The molecule has 0 atom stereocenters. The highest BCUT2D eigenvalue weighted by molar-refractivity contribution is 6.17. The summed E-state index contributed by atoms with van der Waals surface area (Å²) in [5, 5.41) is 0. The number of rotatable bonds is 3. The van der Waals surface area contributed by atoms with Crippen LogP contribution in [-0.2, 0) is 5.88 Å². The summed E-state index contributed by atoms with van der Waals surface area (Å²) in [6.45, 7) is 4.06. The summed E-state index contributed by atoms with van der Waals surface area (Å²) in [4.78, 5) is 14.1. The molecule has 104 valence electrons. The average molecular weight is 288 g/mol. The van der Waals surface area contributed by atoms with Crippen LogP contribution in [0.25, 0.3) is 0 Å². The standard InChI is InChI=1S/C17H18ClNO/c1-12-8-13(2)10-16(9-12)19(3)17(20)15-6-4-14(11-18)5-7-15/h4-10H,11H2,1-3H3. The van der Waals surface area contributed by atoms with Crippen molar-refractivity contribution in [3.8, 4) is 0 Å². The number of hydrogen-bond donors (Lipinski definition) is 0. The zero-order chi connectivity index (χ0) is 14.7. The number of benzene rings is 2. The maximum Gasteiger partial charge on any atom is 0.258 e. The molecule has 0 fully saturated rings. The van der Waals surface area contributed by atoms with E-state index in [2.05, 4.69) is 6.07 Å². The number of alkyl halides is 1. The summed E-state index contributed by atoms with van der Waals surface area (Å²) < 4.78 is 0. The van der Waals surface area contributed by atoms with Gasteiger partial charge in [0.1, 0.15) is 0 Å². The Morgan fingerprint density at radius 1 is 1.05 bits per heavy atom. The van der Waals surface area contributed by atoms with Gasteiger partial charge in [0.15, 0.2) is 0 Å². The van der Waals surface area contributed by atoms with Gasteiger partial charge in [0.25, 0.3) is 5.91 Å². The second kappa shape index (κ2) is 6.10. The molecule has 1 amide bonds. The highest BCUT2D eigenvalue weighted by Crippen LogP contribution is 2.20. The van der Waals surface area contributed by atoms with Crippen LogP contribution in [0.15, 0.2) is 42.5 Å². The zero-order valence-electron chi connectivity index (χ0n) is 12.0. The van der Waals surface area contributed by atoms with Gasteiger partial charge in [-0.3, -0.25) is 4.79 Å². The summed E-state index contributed by atoms with van der Waals surface area (Å²) in [6, 6.07) is 13.5. The molecule has 2 nitrogen and oxygen atoms in total. The van der Waals surface area contributed by atoms with E-state index >= 15 is 0 Å². The van der Waals surface area contributed by atoms with Crippen molar-refractivity contribution in [2.45, 2.75) is 19.7 Å². The number of anilines is 1. The van der Waals surface area contributed by atoms with E-state index < -0.39 is 0 Å². The van der Waals surface area contributed by atoms with Gasteiger partial charge >= 0.3 is 0 Å². The highest BCUT2D eigenvalue weighted by Gasteiger charge is 2.13. The molecule has 2 rings (SSSR count). The number of amides is 1. The third kappa shape index (κ3) is 3.20. The van der Waals surface area contributed by atoms with Crippen molar-refractivity contribution in [2.75, 3.05) is 11.9 Å². The molecule has 0 aliphatic rings. The van der Waals surface area contributed by atoms with Crippen LogP contribution in [0.1, 0.15) is 27.0 Å². The fraction of sp³-hybridized carbons (Fsp3) is 0.235. The topological polar surface area (TPSA) is 20.3 Å². The molecule has 0 N–H and O–H groups in total. The molecule has 0 unspecified atom stereocenters. The lowest BCUT2D eigenvalue weighted by atomic mass is 10.1. The van der Waals surface area contributed by atoms with Crippen molar-refractivity contribution in [2.24, 2.45) is 0 Å². The Bertz CT molecular complexity index is 599. The molecule has 0 aliphatic heterocycles. The van der Waals surface area contributed by atoms with Gasteiger partial charge in [-0.25, -0.2) is 0 Å². The number of carbonyl (C=O) groups is 1. The van der Waals surface area contributed by atoms with E-state index in [1.165, 1.54) is 0 Å². The molecule has 0 heterocycles. The van der Waals surface area contributed by atoms with Crippen LogP contribution in [0, 0.1) is 13.8 Å². The minimum Gasteiger partial charge on any atom is -0.311 e. The van der Waals surface area contributed by atoms with Crippen LogP contribution < -0.4 is 4.90 Å². The smallest absolute Gasteiger partial charge is 0.258 e. The SMILES string of the molecule is Cc1cc(C)cc(N(C)C(=O)c2ccc(CCl)cc2)c1. The maximum absolute atomic E-state index is 12.5. The summed E-state index contributed by atoms with van der Waals surface area (Å²) in [5.74, 6) is 0.442. The quantitative estimate of drug-likeness (QED) is 0.770. The van der Waals surface area contributed by atoms with E-state index in [1.807, 2.05) is 50.2 Å². The Hall–Kier alpha value is -1.80. The van der Waals surface area contributed by atoms with Crippen molar-refractivity contribution in [1.82, 2.24) is 0 Å². The molecule has 0 aliphatic carbocycles. The highest BCUT2D eigenvalue weighted by atomic mass is 35.5. The van der Waals surface area contributed by atoms with E-state index in [1.54, 1.807) is 11.9 Å². The van der Waals surface area contributed by atoms with Gasteiger partial charge in [-0.15, -0.1) is 11.6 Å². The third-order valence-corrected chi connectivity index (χ3v) is 3.56. The third-order valence-electron chi connectivity index (χ3n) is 3.25. The Morgan fingerprint density at radius 2 is 1.60 bits per heavy atom. The minimum absolute atomic E-state index is 0.0175. The van der Waals surface area contributed by atoms with Crippen molar-refractivity contribution in [3.05, 3.63) is 64.7 Å². The van der Waals surface area contributed by atoms with E-state index in [0.717, 1.165) is 22.4 Å². The first-order valence-corrected chi connectivity index (χ1v) is 7.06. The largest absolute Gasteiger partial charge is 0.311 e. The van der Waals surface area contributed by atoms with E-state index in [-0.39, 0.29) is 5.91 Å². The van der Waals surface area contributed by atoms with Crippen molar-refractivity contribution < 1.29 is 4.79 Å². The molecular formula is C17H18ClNO. The molecule has 0 bridgehead atoms. The minimum atomic E-state index is -0.0175. The average Bonchev–Trinajstić information content (AvgIpc) is 2.45. The fourth-order valence-electron chi connectivity index (χ4n) is 2.19. The molecule has 2 aromatic carbocycles. The first kappa shape index (κ1) is 14.6. The predicted molar refractivity (Wildman–Crippen MR) is 84.6 cm³/mol. The summed E-state index contributed by atoms with van der Waals surface area (Å²) in [7, 11) is 1.80. The zero-order valence-corrected chi connectivity index (χ0v) is 12.7. The summed E-state index contributed by atoms with van der Waals surface area (Å²) in [5.41, 5.74) is 4.89. The molecule has 0 radical (unpaired) electrons. The van der Waals surface area contributed by atoms with Crippen LogP contribution in [0.5, 0.6) is 0 Å². The Kier molecular flexibility index (Phi) is 4.46. The van der Waals surface area contributed by atoms with Crippen molar-refractivity contribution in [1.29, 1.82) is 0 Å². The monoisotopic (exact) mass is 287 g/mol. The van der Waals surface area contributed by atoms with E-state index in [9.17, 15) is 4.79 Å². The number of halogens is 1. The van der Waals surface area contributed by atoms with E-state index in [4.69, 9.17) is 11.6 Å². The van der Waals surface area contributed by atoms with Gasteiger partial charge < -0.3 is 4.90 Å². The summed E-state index contributed by atoms with van der Waals surface area (Å²) >= 11 is 5.76. The van der Waals surface area contributed by atoms with E-state index in [0.29, 0.717) is 11.4 Å². The molecular weight excluding hydrogens is 270 g/mol. The lowest BCUT2D eigenvalue weighted by molar-refractivity contribution is 0.0993. The van der Waals surface area contributed by atoms with Crippen LogP contribution in [0.3, 0.4) is 0 Å². The fourth-order valence-corrected chi connectivity index (χ4v) is 2.37. The van der Waals surface area contributed by atoms with Gasteiger partial charge in [-0.05, 0) is 54.8 Å². The molecule has 0 aromatic heterocycles. The second-order valence-electron chi connectivity index (χ2n) is 5.04. The molecule has 2 aromatic rings. The Morgan fingerprint density at radius 3 is 2.10 bits per heavy atom. The van der Waals surface area contributed by atoms with Crippen LogP contribution in [-0.4, -0.2) is 13.0 Å². The second-order valence-corrected chi connectivity index (χ2v) is 5.31. The first-order valence-electron chi connectivity index (χ1n) is 6.52. The Labute approximate surface area is 125 Å². The van der Waals surface area contributed by atoms with Gasteiger partial charge in [0.2, 0.25) is 0 Å².